The first-order valence-electron chi connectivity index (χ1n) is 7.59. The average Bonchev–Trinajstić information content (AvgIpc) is 3.03. The lowest BCUT2D eigenvalue weighted by Gasteiger charge is -2.12. The molecule has 0 radical (unpaired) electrons. The first kappa shape index (κ1) is 17.0. The van der Waals surface area contributed by atoms with E-state index in [2.05, 4.69) is 10.3 Å². The Bertz CT molecular complexity index is 889. The van der Waals surface area contributed by atoms with Crippen LogP contribution in [0.3, 0.4) is 0 Å². The van der Waals surface area contributed by atoms with Crippen LogP contribution in [-0.4, -0.2) is 29.2 Å². The van der Waals surface area contributed by atoms with Gasteiger partial charge in [0.1, 0.15) is 5.52 Å². The minimum atomic E-state index is -0.504. The second-order valence-corrected chi connectivity index (χ2v) is 6.53. The number of anilines is 1. The van der Waals surface area contributed by atoms with Crippen LogP contribution in [0.4, 0.5) is 5.69 Å². The number of oxazole rings is 1. The quantitative estimate of drug-likeness (QED) is 0.554. The molecule has 3 aromatic rings. The van der Waals surface area contributed by atoms with E-state index < -0.39 is 11.2 Å². The molecule has 25 heavy (non-hydrogen) atoms. The van der Waals surface area contributed by atoms with Gasteiger partial charge in [-0.3, -0.25) is 4.79 Å². The highest BCUT2D eigenvalue weighted by Crippen LogP contribution is 2.27. The lowest BCUT2D eigenvalue weighted by atomic mass is 10.2. The van der Waals surface area contributed by atoms with E-state index in [-0.39, 0.29) is 5.91 Å². The number of esters is 1. The van der Waals surface area contributed by atoms with Gasteiger partial charge in [0.15, 0.2) is 5.58 Å². The number of hydrogen-bond donors (Lipinski definition) is 1. The maximum Gasteiger partial charge on any atom is 0.339 e. The van der Waals surface area contributed by atoms with E-state index in [0.717, 1.165) is 5.52 Å². The number of methoxy groups -OCH3 is 1. The molecular weight excluding hydrogens is 340 g/mol. The van der Waals surface area contributed by atoms with E-state index in [0.29, 0.717) is 22.1 Å². The van der Waals surface area contributed by atoms with E-state index in [9.17, 15) is 9.59 Å². The average molecular weight is 356 g/mol. The smallest absolute Gasteiger partial charge is 0.339 e. The van der Waals surface area contributed by atoms with Crippen molar-refractivity contribution in [1.82, 2.24) is 4.98 Å². The van der Waals surface area contributed by atoms with Crippen LogP contribution >= 0.6 is 11.8 Å². The van der Waals surface area contributed by atoms with E-state index in [1.54, 1.807) is 31.2 Å². The summed E-state index contributed by atoms with van der Waals surface area (Å²) in [5.74, 6) is -0.765. The topological polar surface area (TPSA) is 81.4 Å². The van der Waals surface area contributed by atoms with Crippen molar-refractivity contribution in [2.75, 3.05) is 12.4 Å². The molecule has 6 nitrogen and oxygen atoms in total. The van der Waals surface area contributed by atoms with E-state index in [1.807, 2.05) is 24.3 Å². The summed E-state index contributed by atoms with van der Waals surface area (Å²) in [6.07, 6.45) is 0. The number of thioether (sulfide) groups is 1. The standard InChI is InChI=1S/C18H16N2O4S/c1-11(25-18-20-14-9-5-6-10-15(14)24-18)16(21)19-13-8-4-3-7-12(13)17(22)23-2/h3-11H,1-2H3,(H,19,21). The van der Waals surface area contributed by atoms with Crippen molar-refractivity contribution in [2.24, 2.45) is 0 Å². The first-order valence-corrected chi connectivity index (χ1v) is 8.47. The molecule has 1 unspecified atom stereocenters. The third-order valence-electron chi connectivity index (χ3n) is 3.51. The zero-order valence-electron chi connectivity index (χ0n) is 13.7. The number of carbonyl (C=O) groups is 2. The highest BCUT2D eigenvalue weighted by molar-refractivity contribution is 8.00. The van der Waals surface area contributed by atoms with Gasteiger partial charge in [0, 0.05) is 0 Å². The van der Waals surface area contributed by atoms with Gasteiger partial charge in [0.2, 0.25) is 5.91 Å². The summed E-state index contributed by atoms with van der Waals surface area (Å²) < 4.78 is 10.3. The molecule has 0 bridgehead atoms. The van der Waals surface area contributed by atoms with Crippen molar-refractivity contribution in [3.8, 4) is 0 Å². The zero-order valence-corrected chi connectivity index (χ0v) is 14.5. The van der Waals surface area contributed by atoms with Gasteiger partial charge in [0.25, 0.3) is 5.22 Å². The molecule has 128 valence electrons. The Kier molecular flexibility index (Phi) is 5.04. The molecule has 0 aliphatic carbocycles. The first-order chi connectivity index (χ1) is 12.1. The zero-order chi connectivity index (χ0) is 17.8. The van der Waals surface area contributed by atoms with Crippen molar-refractivity contribution in [3.63, 3.8) is 0 Å². The monoisotopic (exact) mass is 356 g/mol. The molecule has 1 N–H and O–H groups in total. The molecule has 0 fully saturated rings. The number of ether oxygens (including phenoxy) is 1. The maximum atomic E-state index is 12.4. The number of nitrogens with zero attached hydrogens (tertiary/aromatic N) is 1. The van der Waals surface area contributed by atoms with Crippen molar-refractivity contribution >= 4 is 40.4 Å². The lowest BCUT2D eigenvalue weighted by Crippen LogP contribution is -2.23. The summed E-state index contributed by atoms with van der Waals surface area (Å²) in [5.41, 5.74) is 2.13. The lowest BCUT2D eigenvalue weighted by molar-refractivity contribution is -0.115. The Balaban J connectivity index is 1.72. The summed E-state index contributed by atoms with van der Waals surface area (Å²) >= 11 is 1.21. The molecular formula is C18H16N2O4S. The van der Waals surface area contributed by atoms with Crippen molar-refractivity contribution < 1.29 is 18.7 Å². The Labute approximate surface area is 148 Å². The number of benzene rings is 2. The number of para-hydroxylation sites is 3. The van der Waals surface area contributed by atoms with Crippen LogP contribution in [0.2, 0.25) is 0 Å². The van der Waals surface area contributed by atoms with Crippen LogP contribution < -0.4 is 5.32 Å². The SMILES string of the molecule is COC(=O)c1ccccc1NC(=O)C(C)Sc1nc2ccccc2o1. The molecule has 0 aliphatic heterocycles. The van der Waals surface area contributed by atoms with Gasteiger partial charge in [-0.1, -0.05) is 36.0 Å². The van der Waals surface area contributed by atoms with Gasteiger partial charge in [-0.2, -0.15) is 0 Å². The third-order valence-corrected chi connectivity index (χ3v) is 4.46. The predicted molar refractivity (Wildman–Crippen MR) is 95.7 cm³/mol. The highest BCUT2D eigenvalue weighted by atomic mass is 32.2. The number of hydrogen-bond acceptors (Lipinski definition) is 6. The summed E-state index contributed by atoms with van der Waals surface area (Å²) in [4.78, 5) is 28.6. The Morgan fingerprint density at radius 1 is 1.16 bits per heavy atom. The molecule has 1 atom stereocenters. The number of rotatable bonds is 5. The van der Waals surface area contributed by atoms with E-state index in [4.69, 9.17) is 9.15 Å². The minimum absolute atomic E-state index is 0.261. The van der Waals surface area contributed by atoms with Crippen molar-refractivity contribution in [3.05, 3.63) is 54.1 Å². The highest BCUT2D eigenvalue weighted by Gasteiger charge is 2.20. The number of aromatic nitrogens is 1. The molecule has 0 aliphatic rings. The van der Waals surface area contributed by atoms with Gasteiger partial charge < -0.3 is 14.5 Å². The second kappa shape index (κ2) is 7.40. The summed E-state index contributed by atoms with van der Waals surface area (Å²) in [6.45, 7) is 1.75. The molecule has 0 saturated heterocycles. The van der Waals surface area contributed by atoms with Gasteiger partial charge in [-0.05, 0) is 31.2 Å². The maximum absolute atomic E-state index is 12.4. The molecule has 2 aromatic carbocycles. The van der Waals surface area contributed by atoms with Crippen LogP contribution in [0.25, 0.3) is 11.1 Å². The molecule has 1 amide bonds. The number of amides is 1. The fourth-order valence-corrected chi connectivity index (χ4v) is 2.98. The van der Waals surface area contributed by atoms with Crippen LogP contribution in [0.5, 0.6) is 0 Å². The normalized spacial score (nSPS) is 11.9. The van der Waals surface area contributed by atoms with Crippen LogP contribution in [0, 0.1) is 0 Å². The Hall–Kier alpha value is -2.80. The molecule has 1 heterocycles. The molecule has 7 heteroatoms. The molecule has 0 saturated carbocycles. The largest absolute Gasteiger partial charge is 0.465 e. The molecule has 3 rings (SSSR count). The Morgan fingerprint density at radius 3 is 2.64 bits per heavy atom. The van der Waals surface area contributed by atoms with Gasteiger partial charge in [-0.15, -0.1) is 0 Å². The van der Waals surface area contributed by atoms with Gasteiger partial charge >= 0.3 is 5.97 Å². The van der Waals surface area contributed by atoms with Crippen LogP contribution in [0.1, 0.15) is 17.3 Å². The third kappa shape index (κ3) is 3.83. The predicted octanol–water partition coefficient (Wildman–Crippen LogP) is 3.73. The van der Waals surface area contributed by atoms with Crippen molar-refractivity contribution in [2.45, 2.75) is 17.4 Å². The van der Waals surface area contributed by atoms with E-state index >= 15 is 0 Å². The fraction of sp³-hybridized carbons (Fsp3) is 0.167. The fourth-order valence-electron chi connectivity index (χ4n) is 2.22. The van der Waals surface area contributed by atoms with E-state index in [1.165, 1.54) is 18.9 Å². The van der Waals surface area contributed by atoms with Gasteiger partial charge in [0.05, 0.1) is 23.6 Å². The minimum Gasteiger partial charge on any atom is -0.465 e. The summed E-state index contributed by atoms with van der Waals surface area (Å²) in [5, 5.41) is 2.71. The van der Waals surface area contributed by atoms with Crippen molar-refractivity contribution in [1.29, 1.82) is 0 Å². The second-order valence-electron chi connectivity index (χ2n) is 5.23. The number of fused-ring (bicyclic) bond motifs is 1. The van der Waals surface area contributed by atoms with Gasteiger partial charge in [-0.25, -0.2) is 9.78 Å². The Morgan fingerprint density at radius 2 is 1.88 bits per heavy atom. The number of nitrogens with one attached hydrogen (secondary N) is 1. The van der Waals surface area contributed by atoms with Crippen LogP contribution in [-0.2, 0) is 9.53 Å². The molecule has 0 spiro atoms. The van der Waals surface area contributed by atoms with Crippen LogP contribution in [0.15, 0.2) is 58.2 Å². The summed E-state index contributed by atoms with van der Waals surface area (Å²) in [6, 6.07) is 14.1. The summed E-state index contributed by atoms with van der Waals surface area (Å²) in [7, 11) is 1.30. The number of carbonyl (C=O) groups excluding carboxylic acids is 2. The molecule has 1 aromatic heterocycles.